The van der Waals surface area contributed by atoms with Crippen LogP contribution in [0.4, 0.5) is 0 Å². The first-order valence-corrected chi connectivity index (χ1v) is 11.6. The normalized spacial score (nSPS) is 16.9. The molecule has 0 aliphatic carbocycles. The molecule has 3 aromatic rings. The molecule has 4 heteroatoms. The van der Waals surface area contributed by atoms with Gasteiger partial charge in [-0.3, -0.25) is 4.79 Å². The van der Waals surface area contributed by atoms with Gasteiger partial charge < -0.3 is 14.8 Å². The summed E-state index contributed by atoms with van der Waals surface area (Å²) >= 11 is 0. The van der Waals surface area contributed by atoms with Crippen LogP contribution >= 0.6 is 0 Å². The summed E-state index contributed by atoms with van der Waals surface area (Å²) in [5.74, 6) is 1.55. The quantitative estimate of drug-likeness (QED) is 0.339. The lowest BCUT2D eigenvalue weighted by Crippen LogP contribution is -2.44. The summed E-state index contributed by atoms with van der Waals surface area (Å²) in [4.78, 5) is 13.7. The average Bonchev–Trinajstić information content (AvgIpc) is 2.88. The minimum Gasteiger partial charge on any atom is -0.497 e. The molecule has 1 amide bonds. The molecular formula is C29H31NO3. The number of methoxy groups -OCH3 is 1. The summed E-state index contributed by atoms with van der Waals surface area (Å²) < 4.78 is 11.7. The van der Waals surface area contributed by atoms with Crippen LogP contribution < -0.4 is 14.8 Å². The first-order valence-electron chi connectivity index (χ1n) is 11.6. The van der Waals surface area contributed by atoms with Gasteiger partial charge in [0.1, 0.15) is 17.1 Å². The van der Waals surface area contributed by atoms with Crippen molar-refractivity contribution in [3.05, 3.63) is 95.6 Å². The van der Waals surface area contributed by atoms with Gasteiger partial charge in [0.15, 0.2) is 0 Å². The maximum Gasteiger partial charge on any atom is 0.252 e. The Morgan fingerprint density at radius 2 is 1.67 bits per heavy atom. The molecule has 1 N–H and O–H groups in total. The lowest BCUT2D eigenvalue weighted by Gasteiger charge is -2.41. The average molecular weight is 442 g/mol. The maximum absolute atomic E-state index is 13.7. The third-order valence-electron chi connectivity index (χ3n) is 6.55. The fraction of sp³-hybridized carbons (Fsp3) is 0.276. The molecule has 0 spiro atoms. The van der Waals surface area contributed by atoms with E-state index in [0.29, 0.717) is 5.57 Å². The minimum atomic E-state index is -0.279. The summed E-state index contributed by atoms with van der Waals surface area (Å²) in [6, 6.07) is 25.4. The van der Waals surface area contributed by atoms with E-state index < -0.39 is 0 Å². The Balaban J connectivity index is 1.69. The van der Waals surface area contributed by atoms with Crippen LogP contribution in [0.5, 0.6) is 11.5 Å². The number of hydrogen-bond acceptors (Lipinski definition) is 3. The van der Waals surface area contributed by atoms with Gasteiger partial charge in [-0.25, -0.2) is 0 Å². The topological polar surface area (TPSA) is 47.6 Å². The summed E-state index contributed by atoms with van der Waals surface area (Å²) in [6.45, 7) is 4.30. The molecule has 1 aliphatic heterocycles. The molecule has 1 unspecified atom stereocenters. The lowest BCUT2D eigenvalue weighted by molar-refractivity contribution is -0.117. The molecule has 1 atom stereocenters. The third-order valence-corrected chi connectivity index (χ3v) is 6.55. The zero-order chi connectivity index (χ0) is 23.3. The van der Waals surface area contributed by atoms with Gasteiger partial charge in [-0.1, -0.05) is 74.5 Å². The van der Waals surface area contributed by atoms with Crippen molar-refractivity contribution in [2.45, 2.75) is 44.8 Å². The van der Waals surface area contributed by atoms with Crippen LogP contribution in [0.1, 0.15) is 55.8 Å². The Morgan fingerprint density at radius 3 is 2.33 bits per heavy atom. The summed E-state index contributed by atoms with van der Waals surface area (Å²) in [5.41, 5.74) is 3.19. The van der Waals surface area contributed by atoms with E-state index in [-0.39, 0.29) is 17.6 Å². The van der Waals surface area contributed by atoms with Crippen LogP contribution in [0.25, 0.3) is 11.6 Å². The van der Waals surface area contributed by atoms with Gasteiger partial charge in [0.2, 0.25) is 0 Å². The third kappa shape index (κ3) is 4.95. The molecule has 0 fully saturated rings. The van der Waals surface area contributed by atoms with Gasteiger partial charge in [-0.2, -0.15) is 0 Å². The van der Waals surface area contributed by atoms with E-state index >= 15 is 0 Å². The molecule has 0 aromatic heterocycles. The second-order valence-corrected chi connectivity index (χ2v) is 8.46. The van der Waals surface area contributed by atoms with Crippen LogP contribution in [-0.4, -0.2) is 18.6 Å². The number of ether oxygens (including phenoxy) is 2. The summed E-state index contributed by atoms with van der Waals surface area (Å²) in [7, 11) is 1.64. The fourth-order valence-electron chi connectivity index (χ4n) is 4.43. The Bertz CT molecular complexity index is 1120. The predicted octanol–water partition coefficient (Wildman–Crippen LogP) is 6.43. The number of nitrogens with one attached hydrogen (secondary N) is 1. The highest BCUT2D eigenvalue weighted by Gasteiger charge is 2.39. The number of rotatable bonds is 7. The van der Waals surface area contributed by atoms with Crippen LogP contribution in [-0.2, 0) is 4.79 Å². The number of amides is 1. The van der Waals surface area contributed by atoms with E-state index in [0.717, 1.165) is 47.5 Å². The molecule has 0 bridgehead atoms. The molecule has 170 valence electrons. The summed E-state index contributed by atoms with van der Waals surface area (Å²) in [5, 5.41) is 3.33. The van der Waals surface area contributed by atoms with E-state index in [1.54, 1.807) is 7.11 Å². The molecule has 4 nitrogen and oxygen atoms in total. The van der Waals surface area contributed by atoms with Gasteiger partial charge in [-0.15, -0.1) is 0 Å². The minimum absolute atomic E-state index is 0.0974. The second kappa shape index (κ2) is 9.95. The Kier molecular flexibility index (Phi) is 6.83. The molecule has 0 radical (unpaired) electrons. The molecule has 0 saturated carbocycles. The van der Waals surface area contributed by atoms with Gasteiger partial charge in [0.05, 0.1) is 13.2 Å². The number of carbonyl (C=O) groups is 1. The highest BCUT2D eigenvalue weighted by molar-refractivity contribution is 6.24. The molecule has 1 heterocycles. The van der Waals surface area contributed by atoms with Gasteiger partial charge in [0, 0.05) is 17.6 Å². The number of fused-ring (bicyclic) bond motifs is 1. The standard InChI is InChI=1S/C29H31NO3/c1-4-29(5-2)20-26(24-13-9-10-14-27(24)33-29)30-28(31)25(22-11-7-6-8-12-22)19-21-15-17-23(32-3)18-16-21/h6-19,26H,4-5,20H2,1-3H3,(H,30,31)/b25-19+. The maximum atomic E-state index is 13.7. The van der Waals surface area contributed by atoms with E-state index in [4.69, 9.17) is 9.47 Å². The molecular weight excluding hydrogens is 410 g/mol. The zero-order valence-corrected chi connectivity index (χ0v) is 19.5. The highest BCUT2D eigenvalue weighted by atomic mass is 16.5. The van der Waals surface area contributed by atoms with E-state index in [1.165, 1.54) is 0 Å². The Hall–Kier alpha value is -3.53. The van der Waals surface area contributed by atoms with Crippen LogP contribution in [0.15, 0.2) is 78.9 Å². The van der Waals surface area contributed by atoms with Crippen LogP contribution in [0, 0.1) is 0 Å². The zero-order valence-electron chi connectivity index (χ0n) is 19.5. The monoisotopic (exact) mass is 441 g/mol. The van der Waals surface area contributed by atoms with Gasteiger partial charge in [0.25, 0.3) is 5.91 Å². The first-order chi connectivity index (χ1) is 16.1. The smallest absolute Gasteiger partial charge is 0.252 e. The molecule has 4 rings (SSSR count). The van der Waals surface area contributed by atoms with Crippen LogP contribution in [0.2, 0.25) is 0 Å². The highest BCUT2D eigenvalue weighted by Crippen LogP contribution is 2.42. The van der Waals surface area contributed by atoms with Crippen molar-refractivity contribution in [3.8, 4) is 11.5 Å². The van der Waals surface area contributed by atoms with Crippen molar-refractivity contribution in [2.75, 3.05) is 7.11 Å². The van der Waals surface area contributed by atoms with Gasteiger partial charge in [-0.05, 0) is 48.2 Å². The second-order valence-electron chi connectivity index (χ2n) is 8.46. The fourth-order valence-corrected chi connectivity index (χ4v) is 4.43. The number of para-hydroxylation sites is 1. The van der Waals surface area contributed by atoms with Crippen molar-refractivity contribution in [2.24, 2.45) is 0 Å². The van der Waals surface area contributed by atoms with Crippen molar-refractivity contribution in [1.82, 2.24) is 5.32 Å². The van der Waals surface area contributed by atoms with E-state index in [9.17, 15) is 4.79 Å². The van der Waals surface area contributed by atoms with Crippen molar-refractivity contribution >= 4 is 17.6 Å². The molecule has 0 saturated heterocycles. The molecule has 33 heavy (non-hydrogen) atoms. The summed E-state index contributed by atoms with van der Waals surface area (Å²) in [6.07, 6.45) is 4.45. The Morgan fingerprint density at radius 1 is 1.00 bits per heavy atom. The Labute approximate surface area is 196 Å². The van der Waals surface area contributed by atoms with Gasteiger partial charge >= 0.3 is 0 Å². The largest absolute Gasteiger partial charge is 0.497 e. The number of carbonyl (C=O) groups excluding carboxylic acids is 1. The molecule has 1 aliphatic rings. The first kappa shape index (κ1) is 22.7. The predicted molar refractivity (Wildman–Crippen MR) is 133 cm³/mol. The number of benzene rings is 3. The van der Waals surface area contributed by atoms with Crippen molar-refractivity contribution in [1.29, 1.82) is 0 Å². The van der Waals surface area contributed by atoms with Crippen molar-refractivity contribution < 1.29 is 14.3 Å². The van der Waals surface area contributed by atoms with Crippen molar-refractivity contribution in [3.63, 3.8) is 0 Å². The van der Waals surface area contributed by atoms with E-state index in [2.05, 4.69) is 19.2 Å². The molecule has 3 aromatic carbocycles. The lowest BCUT2D eigenvalue weighted by atomic mass is 9.83. The SMILES string of the molecule is CCC1(CC)CC(NC(=O)/C(=C/c2ccc(OC)cc2)c2ccccc2)c2ccccc2O1. The van der Waals surface area contributed by atoms with Crippen LogP contribution in [0.3, 0.4) is 0 Å². The van der Waals surface area contributed by atoms with E-state index in [1.807, 2.05) is 84.9 Å². The number of hydrogen-bond donors (Lipinski definition) is 1.